The van der Waals surface area contributed by atoms with E-state index in [0.717, 1.165) is 6.92 Å². The summed E-state index contributed by atoms with van der Waals surface area (Å²) in [7, 11) is 0. The third kappa shape index (κ3) is 3.82. The van der Waals surface area contributed by atoms with Crippen molar-refractivity contribution in [3.63, 3.8) is 0 Å². The van der Waals surface area contributed by atoms with Crippen LogP contribution < -0.4 is 0 Å². The Morgan fingerprint density at radius 2 is 1.57 bits per heavy atom. The predicted molar refractivity (Wildman–Crippen MR) is 51.6 cm³/mol. The van der Waals surface area contributed by atoms with Crippen molar-refractivity contribution < 1.29 is 58.9 Å². The van der Waals surface area contributed by atoms with Crippen molar-refractivity contribution in [3.8, 4) is 0 Å². The topological polar surface area (TPSA) is 55.8 Å². The monoisotopic (exact) mass is 364 g/mol. The first kappa shape index (κ1) is 19.8. The Morgan fingerprint density at radius 3 is 1.83 bits per heavy atom. The highest BCUT2D eigenvalue weighted by atomic mass is 19.4. The lowest BCUT2D eigenvalue weighted by Gasteiger charge is -2.31. The molecule has 3 unspecified atom stereocenters. The number of rotatable bonds is 2. The van der Waals surface area contributed by atoms with Crippen molar-refractivity contribution in [1.29, 1.82) is 0 Å². The molecule has 1 aliphatic heterocycles. The van der Waals surface area contributed by atoms with Crippen LogP contribution in [0, 0.1) is 5.92 Å². The number of hydrogen-bond donors (Lipinski definition) is 1. The van der Waals surface area contributed by atoms with Crippen LogP contribution in [-0.4, -0.2) is 47.6 Å². The highest BCUT2D eigenvalue weighted by Crippen LogP contribution is 2.47. The molecule has 13 heteroatoms. The molecule has 4 nitrogen and oxygen atoms in total. The van der Waals surface area contributed by atoms with Gasteiger partial charge in [0.05, 0.1) is 0 Å². The molecule has 1 rings (SSSR count). The molecule has 0 saturated carbocycles. The molecule has 0 aromatic carbocycles. The lowest BCUT2D eigenvalue weighted by Crippen LogP contribution is -2.56. The molecule has 0 bridgehead atoms. The Morgan fingerprint density at radius 1 is 1.13 bits per heavy atom. The highest BCUT2D eigenvalue weighted by molar-refractivity contribution is 5.81. The zero-order valence-electron chi connectivity index (χ0n) is 11.0. The normalized spacial score (nSPS) is 29.9. The first-order chi connectivity index (χ1) is 10.0. The summed E-state index contributed by atoms with van der Waals surface area (Å²) in [6.07, 6.45) is -26.4. The molecular formula is C10H9F9O4. The molecule has 1 aliphatic rings. The van der Waals surface area contributed by atoms with E-state index in [1.165, 1.54) is 0 Å². The van der Waals surface area contributed by atoms with Gasteiger partial charge in [-0.15, -0.1) is 0 Å². The summed E-state index contributed by atoms with van der Waals surface area (Å²) in [5, 5.41) is 9.12. The zero-order chi connectivity index (χ0) is 18.4. The van der Waals surface area contributed by atoms with Crippen molar-refractivity contribution in [2.75, 3.05) is 0 Å². The van der Waals surface area contributed by atoms with E-state index < -0.39 is 54.8 Å². The molecule has 0 aromatic rings. The van der Waals surface area contributed by atoms with E-state index in [1.54, 1.807) is 0 Å². The molecule has 0 spiro atoms. The summed E-state index contributed by atoms with van der Waals surface area (Å²) in [5.41, 5.74) is -4.11. The number of hydrogen-bond acceptors (Lipinski definition) is 4. The van der Waals surface area contributed by atoms with Gasteiger partial charge in [0.2, 0.25) is 0 Å². The molecule has 3 atom stereocenters. The van der Waals surface area contributed by atoms with Crippen molar-refractivity contribution >= 4 is 5.97 Å². The molecule has 1 N–H and O–H groups in total. The summed E-state index contributed by atoms with van der Waals surface area (Å²) >= 11 is 0. The number of halogens is 9. The van der Waals surface area contributed by atoms with Crippen molar-refractivity contribution in [3.05, 3.63) is 0 Å². The van der Waals surface area contributed by atoms with Crippen LogP contribution in [0.25, 0.3) is 0 Å². The minimum absolute atomic E-state index is 0.955. The summed E-state index contributed by atoms with van der Waals surface area (Å²) in [6, 6.07) is 0. The van der Waals surface area contributed by atoms with Crippen molar-refractivity contribution in [2.45, 2.75) is 49.9 Å². The van der Waals surface area contributed by atoms with E-state index in [2.05, 4.69) is 9.47 Å². The second kappa shape index (κ2) is 5.69. The fraction of sp³-hybridized carbons (Fsp3) is 0.900. The molecule has 1 fully saturated rings. The van der Waals surface area contributed by atoms with E-state index in [-0.39, 0.29) is 0 Å². The molecule has 0 aromatic heterocycles. The van der Waals surface area contributed by atoms with Gasteiger partial charge in [0.15, 0.2) is 6.29 Å². The Balaban J connectivity index is 3.18. The summed E-state index contributed by atoms with van der Waals surface area (Å²) in [6.45, 7) is 0.955. The average molecular weight is 364 g/mol. The number of esters is 1. The molecule has 1 heterocycles. The lowest BCUT2D eigenvalue weighted by molar-refractivity contribution is -0.331. The first-order valence-corrected chi connectivity index (χ1v) is 5.79. The largest absolute Gasteiger partial charge is 0.440 e. The second-order valence-corrected chi connectivity index (χ2v) is 4.88. The third-order valence-electron chi connectivity index (χ3n) is 3.03. The number of ether oxygens (including phenoxy) is 2. The van der Waals surface area contributed by atoms with Gasteiger partial charge in [0, 0.05) is 12.3 Å². The van der Waals surface area contributed by atoms with Gasteiger partial charge < -0.3 is 14.6 Å². The van der Waals surface area contributed by atoms with E-state index >= 15 is 0 Å². The Bertz CT molecular complexity index is 429. The van der Waals surface area contributed by atoms with Crippen LogP contribution in [-0.2, 0) is 14.3 Å². The summed E-state index contributed by atoms with van der Waals surface area (Å²) < 4.78 is 119. The maximum absolute atomic E-state index is 13.0. The Labute approximate surface area is 122 Å². The predicted octanol–water partition coefficient (Wildman–Crippen LogP) is 2.70. The van der Waals surface area contributed by atoms with Gasteiger partial charge in [-0.1, -0.05) is 6.92 Å². The van der Waals surface area contributed by atoms with Gasteiger partial charge in [0.25, 0.3) is 11.7 Å². The quantitative estimate of drug-likeness (QED) is 0.605. The maximum Gasteiger partial charge on any atom is 0.434 e. The maximum atomic E-state index is 13.0. The van der Waals surface area contributed by atoms with Crippen LogP contribution in [0.1, 0.15) is 13.3 Å². The molecule has 136 valence electrons. The lowest BCUT2D eigenvalue weighted by atomic mass is 9.94. The molecule has 0 radical (unpaired) electrons. The van der Waals surface area contributed by atoms with Crippen LogP contribution in [0.4, 0.5) is 39.5 Å². The average Bonchev–Trinajstić information content (AvgIpc) is 2.60. The number of aliphatic hydroxyl groups is 1. The highest BCUT2D eigenvalue weighted by Gasteiger charge is 2.70. The third-order valence-corrected chi connectivity index (χ3v) is 3.03. The standard InChI is InChI=1S/C10H9F9O4/c1-3-2-7(10(17,18)19,23-4(3)20)6(21)22-5(8(11,12)13)9(14,15)16/h3-5,20H,2H2,1H3. The van der Waals surface area contributed by atoms with Crippen LogP contribution in [0.15, 0.2) is 0 Å². The van der Waals surface area contributed by atoms with E-state index in [9.17, 15) is 44.3 Å². The van der Waals surface area contributed by atoms with Crippen LogP contribution in [0.3, 0.4) is 0 Å². The van der Waals surface area contributed by atoms with Gasteiger partial charge in [0.1, 0.15) is 0 Å². The van der Waals surface area contributed by atoms with Crippen LogP contribution in [0.2, 0.25) is 0 Å². The fourth-order valence-electron chi connectivity index (χ4n) is 1.88. The smallest absolute Gasteiger partial charge is 0.434 e. The number of carbonyl (C=O) groups is 1. The van der Waals surface area contributed by atoms with Gasteiger partial charge in [-0.3, -0.25) is 0 Å². The molecular weight excluding hydrogens is 355 g/mol. The van der Waals surface area contributed by atoms with Crippen molar-refractivity contribution in [2.24, 2.45) is 5.92 Å². The van der Waals surface area contributed by atoms with Gasteiger partial charge >= 0.3 is 24.5 Å². The van der Waals surface area contributed by atoms with Crippen molar-refractivity contribution in [1.82, 2.24) is 0 Å². The van der Waals surface area contributed by atoms with E-state index in [1.807, 2.05) is 0 Å². The number of carbonyl (C=O) groups excluding carboxylic acids is 1. The van der Waals surface area contributed by atoms with Gasteiger partial charge in [-0.05, 0) is 0 Å². The molecule has 0 amide bonds. The van der Waals surface area contributed by atoms with E-state index in [0.29, 0.717) is 0 Å². The molecule has 0 aliphatic carbocycles. The van der Waals surface area contributed by atoms with Gasteiger partial charge in [-0.2, -0.15) is 39.5 Å². The van der Waals surface area contributed by atoms with E-state index in [4.69, 9.17) is 5.11 Å². The summed E-state index contributed by atoms with van der Waals surface area (Å²) in [4.78, 5) is 11.4. The Hall–Kier alpha value is -1.24. The Kier molecular flexibility index (Phi) is 4.90. The fourth-order valence-corrected chi connectivity index (χ4v) is 1.88. The molecule has 23 heavy (non-hydrogen) atoms. The number of alkyl halides is 9. The SMILES string of the molecule is CC1CC(C(=O)OC(C(F)(F)F)C(F)(F)F)(C(F)(F)F)OC1O. The minimum atomic E-state index is -6.18. The molecule has 1 saturated heterocycles. The number of aliphatic hydroxyl groups excluding tert-OH is 1. The van der Waals surface area contributed by atoms with Crippen LogP contribution >= 0.6 is 0 Å². The summed E-state index contributed by atoms with van der Waals surface area (Å²) in [5.74, 6) is -4.30. The zero-order valence-corrected chi connectivity index (χ0v) is 11.0. The van der Waals surface area contributed by atoms with Gasteiger partial charge in [-0.25, -0.2) is 4.79 Å². The van der Waals surface area contributed by atoms with Crippen LogP contribution in [0.5, 0.6) is 0 Å². The minimum Gasteiger partial charge on any atom is -0.440 e. The second-order valence-electron chi connectivity index (χ2n) is 4.88. The first-order valence-electron chi connectivity index (χ1n) is 5.79.